The lowest BCUT2D eigenvalue weighted by molar-refractivity contribution is 0.00578. The zero-order chi connectivity index (χ0) is 17.0. The lowest BCUT2D eigenvalue weighted by Crippen LogP contribution is -2.41. The Morgan fingerprint density at radius 2 is 1.65 bits per heavy atom. The van der Waals surface area contributed by atoms with Gasteiger partial charge in [-0.1, -0.05) is 23.8 Å². The van der Waals surface area contributed by atoms with Gasteiger partial charge in [0.2, 0.25) is 0 Å². The normalized spacial score (nSPS) is 23.3. The standard InChI is InChI=1S/C17H25BO4S/c1-12-8-13(11-23(19,20)15-6-7-15)10-14(9-12)18-21-16(2,3)17(4,5)22-18/h8-10,15H,6-7,11H2,1-5H3. The molecule has 0 bridgehead atoms. The summed E-state index contributed by atoms with van der Waals surface area (Å²) in [5, 5.41) is -0.136. The summed E-state index contributed by atoms with van der Waals surface area (Å²) in [5.41, 5.74) is 1.94. The minimum absolute atomic E-state index is 0.103. The minimum atomic E-state index is -3.02. The summed E-state index contributed by atoms with van der Waals surface area (Å²) in [6, 6.07) is 5.86. The van der Waals surface area contributed by atoms with E-state index in [1.54, 1.807) is 0 Å². The molecule has 1 saturated heterocycles. The zero-order valence-corrected chi connectivity index (χ0v) is 15.4. The average Bonchev–Trinajstić information content (AvgIpc) is 3.17. The second kappa shape index (κ2) is 5.33. The molecule has 0 atom stereocenters. The quantitative estimate of drug-likeness (QED) is 0.792. The predicted molar refractivity (Wildman–Crippen MR) is 92.5 cm³/mol. The fraction of sp³-hybridized carbons (Fsp3) is 0.647. The van der Waals surface area contributed by atoms with E-state index in [2.05, 4.69) is 0 Å². The largest absolute Gasteiger partial charge is 0.494 e. The first-order chi connectivity index (χ1) is 10.5. The molecule has 4 nitrogen and oxygen atoms in total. The first-order valence-electron chi connectivity index (χ1n) is 8.18. The van der Waals surface area contributed by atoms with E-state index in [0.717, 1.165) is 29.4 Å². The van der Waals surface area contributed by atoms with Crippen molar-refractivity contribution in [1.82, 2.24) is 0 Å². The van der Waals surface area contributed by atoms with Gasteiger partial charge >= 0.3 is 7.12 Å². The Balaban J connectivity index is 1.87. The topological polar surface area (TPSA) is 52.6 Å². The first-order valence-corrected chi connectivity index (χ1v) is 9.89. The van der Waals surface area contributed by atoms with Gasteiger partial charge in [0.25, 0.3) is 0 Å². The third kappa shape index (κ3) is 3.35. The Labute approximate surface area is 139 Å². The maximum absolute atomic E-state index is 12.2. The highest BCUT2D eigenvalue weighted by Crippen LogP contribution is 2.36. The van der Waals surface area contributed by atoms with Gasteiger partial charge in [-0.2, -0.15) is 0 Å². The maximum atomic E-state index is 12.2. The molecular formula is C17H25BO4S. The van der Waals surface area contributed by atoms with Crippen LogP contribution in [0.1, 0.15) is 51.7 Å². The Kier molecular flexibility index (Phi) is 3.94. The van der Waals surface area contributed by atoms with E-state index in [0.29, 0.717) is 0 Å². The third-order valence-electron chi connectivity index (χ3n) is 5.08. The molecule has 3 rings (SSSR count). The molecule has 0 N–H and O–H groups in total. The van der Waals surface area contributed by atoms with E-state index in [4.69, 9.17) is 9.31 Å². The Morgan fingerprint density at radius 1 is 1.09 bits per heavy atom. The van der Waals surface area contributed by atoms with Crippen LogP contribution in [0.4, 0.5) is 0 Å². The van der Waals surface area contributed by atoms with E-state index in [1.807, 2.05) is 52.8 Å². The van der Waals surface area contributed by atoms with Crippen LogP contribution >= 0.6 is 0 Å². The molecule has 1 aliphatic carbocycles. The minimum Gasteiger partial charge on any atom is -0.399 e. The fourth-order valence-electron chi connectivity index (χ4n) is 2.87. The Morgan fingerprint density at radius 3 is 2.17 bits per heavy atom. The highest BCUT2D eigenvalue weighted by atomic mass is 32.2. The number of sulfone groups is 1. The Bertz CT molecular complexity index is 704. The molecular weight excluding hydrogens is 311 g/mol. The van der Waals surface area contributed by atoms with Crippen LogP contribution in [-0.4, -0.2) is 32.0 Å². The summed E-state index contributed by atoms with van der Waals surface area (Å²) in [4.78, 5) is 0. The molecule has 0 spiro atoms. The van der Waals surface area contributed by atoms with Crippen molar-refractivity contribution in [3.63, 3.8) is 0 Å². The van der Waals surface area contributed by atoms with E-state index in [-0.39, 0.29) is 11.0 Å². The molecule has 126 valence electrons. The smallest absolute Gasteiger partial charge is 0.399 e. The van der Waals surface area contributed by atoms with Crippen molar-refractivity contribution in [2.24, 2.45) is 0 Å². The van der Waals surface area contributed by atoms with Gasteiger partial charge in [-0.05, 0) is 58.5 Å². The van der Waals surface area contributed by atoms with Crippen LogP contribution in [0.5, 0.6) is 0 Å². The molecule has 1 aromatic carbocycles. The van der Waals surface area contributed by atoms with Crippen LogP contribution in [0.15, 0.2) is 18.2 Å². The van der Waals surface area contributed by atoms with Crippen LogP contribution in [-0.2, 0) is 24.9 Å². The molecule has 0 amide bonds. The van der Waals surface area contributed by atoms with Crippen LogP contribution in [0, 0.1) is 6.92 Å². The summed E-state index contributed by atoms with van der Waals surface area (Å²) in [7, 11) is -3.48. The highest BCUT2D eigenvalue weighted by Gasteiger charge is 2.51. The highest BCUT2D eigenvalue weighted by molar-refractivity contribution is 7.91. The molecule has 0 aromatic heterocycles. The van der Waals surface area contributed by atoms with Crippen molar-refractivity contribution in [2.45, 2.75) is 69.7 Å². The molecule has 6 heteroatoms. The van der Waals surface area contributed by atoms with Gasteiger partial charge in [-0.15, -0.1) is 0 Å². The van der Waals surface area contributed by atoms with Gasteiger partial charge in [-0.3, -0.25) is 0 Å². The van der Waals surface area contributed by atoms with Crippen molar-refractivity contribution >= 4 is 22.4 Å². The molecule has 1 aliphatic heterocycles. The predicted octanol–water partition coefficient (Wildman–Crippen LogP) is 2.37. The summed E-state index contributed by atoms with van der Waals surface area (Å²) < 4.78 is 36.7. The van der Waals surface area contributed by atoms with E-state index in [9.17, 15) is 8.42 Å². The summed E-state index contributed by atoms with van der Waals surface area (Å²) in [6.07, 6.45) is 1.61. The molecule has 1 aromatic rings. The van der Waals surface area contributed by atoms with Crippen LogP contribution in [0.25, 0.3) is 0 Å². The van der Waals surface area contributed by atoms with Crippen LogP contribution < -0.4 is 5.46 Å². The second-order valence-corrected chi connectivity index (χ2v) is 10.1. The number of benzene rings is 1. The summed E-state index contributed by atoms with van der Waals surface area (Å²) in [6.45, 7) is 10.0. The summed E-state index contributed by atoms with van der Waals surface area (Å²) >= 11 is 0. The molecule has 2 aliphatic rings. The van der Waals surface area contributed by atoms with Crippen molar-refractivity contribution in [3.05, 3.63) is 29.3 Å². The molecule has 23 heavy (non-hydrogen) atoms. The zero-order valence-electron chi connectivity index (χ0n) is 14.5. The van der Waals surface area contributed by atoms with Crippen molar-refractivity contribution < 1.29 is 17.7 Å². The first kappa shape index (κ1) is 17.0. The number of hydrogen-bond donors (Lipinski definition) is 0. The van der Waals surface area contributed by atoms with Gasteiger partial charge in [0, 0.05) is 0 Å². The van der Waals surface area contributed by atoms with Crippen LogP contribution in [0.2, 0.25) is 0 Å². The van der Waals surface area contributed by atoms with Crippen molar-refractivity contribution in [1.29, 1.82) is 0 Å². The SMILES string of the molecule is Cc1cc(CS(=O)(=O)C2CC2)cc(B2OC(C)(C)C(C)(C)O2)c1. The van der Waals surface area contributed by atoms with Crippen molar-refractivity contribution in [2.75, 3.05) is 0 Å². The number of hydrogen-bond acceptors (Lipinski definition) is 4. The molecule has 1 saturated carbocycles. The van der Waals surface area contributed by atoms with Gasteiger partial charge in [0.15, 0.2) is 9.84 Å². The van der Waals surface area contributed by atoms with Crippen molar-refractivity contribution in [3.8, 4) is 0 Å². The van der Waals surface area contributed by atoms with Crippen LogP contribution in [0.3, 0.4) is 0 Å². The second-order valence-electron chi connectivity index (χ2n) is 7.85. The molecule has 1 heterocycles. The third-order valence-corrected chi connectivity index (χ3v) is 7.31. The number of rotatable bonds is 4. The lowest BCUT2D eigenvalue weighted by atomic mass is 9.77. The molecule has 2 fully saturated rings. The van der Waals surface area contributed by atoms with E-state index in [1.165, 1.54) is 0 Å². The monoisotopic (exact) mass is 336 g/mol. The average molecular weight is 336 g/mol. The molecule has 0 radical (unpaired) electrons. The molecule has 0 unspecified atom stereocenters. The van der Waals surface area contributed by atoms with Gasteiger partial charge in [-0.25, -0.2) is 8.42 Å². The van der Waals surface area contributed by atoms with Gasteiger partial charge < -0.3 is 9.31 Å². The summed E-state index contributed by atoms with van der Waals surface area (Å²) in [5.74, 6) is 0.103. The van der Waals surface area contributed by atoms with E-state index < -0.39 is 28.2 Å². The number of aryl methyl sites for hydroxylation is 1. The lowest BCUT2D eigenvalue weighted by Gasteiger charge is -2.32. The Hall–Kier alpha value is -0.845. The maximum Gasteiger partial charge on any atom is 0.494 e. The van der Waals surface area contributed by atoms with E-state index >= 15 is 0 Å². The fourth-order valence-corrected chi connectivity index (χ4v) is 4.59. The van der Waals surface area contributed by atoms with Gasteiger partial charge in [0.05, 0.1) is 22.2 Å². The van der Waals surface area contributed by atoms with Gasteiger partial charge in [0.1, 0.15) is 0 Å².